The van der Waals surface area contributed by atoms with E-state index in [2.05, 4.69) is 179 Å². The van der Waals surface area contributed by atoms with Gasteiger partial charge in [-0.25, -0.2) is 0 Å². The van der Waals surface area contributed by atoms with Gasteiger partial charge in [-0.15, -0.1) is 0 Å². The summed E-state index contributed by atoms with van der Waals surface area (Å²) in [6.45, 7) is 0. The van der Waals surface area contributed by atoms with Crippen molar-refractivity contribution in [2.45, 2.75) is 0 Å². The number of hydrogen-bond acceptors (Lipinski definition) is 2. The Morgan fingerprint density at radius 1 is 0.353 bits per heavy atom. The molecule has 0 amide bonds. The Kier molecular flexibility index (Phi) is 6.23. The quantitative estimate of drug-likeness (QED) is 0.170. The average molecular weight is 716 g/mol. The molecule has 0 unspecified atom stereocenters. The van der Waals surface area contributed by atoms with Gasteiger partial charge in [0.05, 0.1) is 0 Å². The first-order chi connectivity index (χ1) is 25.3. The van der Waals surface area contributed by atoms with Gasteiger partial charge in [-0.2, -0.15) is 0 Å². The molecule has 0 N–H and O–H groups in total. The number of pyridine rings is 2. The van der Waals surface area contributed by atoms with Crippen LogP contribution in [0, 0.1) is 0 Å². The average Bonchev–Trinajstić information content (AvgIpc) is 3.85. The van der Waals surface area contributed by atoms with Gasteiger partial charge in [0, 0.05) is 0 Å². The fourth-order valence-corrected chi connectivity index (χ4v) is 9.88. The maximum atomic E-state index is 5.34. The van der Waals surface area contributed by atoms with Gasteiger partial charge in [0.15, 0.2) is 0 Å². The van der Waals surface area contributed by atoms with Crippen LogP contribution in [-0.2, 0) is 0 Å². The van der Waals surface area contributed by atoms with Crippen LogP contribution in [0.15, 0.2) is 170 Å². The van der Waals surface area contributed by atoms with Crippen LogP contribution in [0.3, 0.4) is 0 Å². The fourth-order valence-electron chi connectivity index (χ4n) is 7.81. The van der Waals surface area contributed by atoms with E-state index >= 15 is 0 Å². The van der Waals surface area contributed by atoms with Crippen molar-refractivity contribution < 1.29 is 0 Å². The zero-order chi connectivity index (χ0) is 33.5. The van der Waals surface area contributed by atoms with E-state index in [1.54, 1.807) is 0 Å². The molecule has 6 aromatic carbocycles. The molecular formula is C46H28N4Se. The van der Waals surface area contributed by atoms with E-state index in [0.717, 1.165) is 44.9 Å². The predicted octanol–water partition coefficient (Wildman–Crippen LogP) is 11.4. The summed E-state index contributed by atoms with van der Waals surface area (Å²) < 4.78 is 7.29. The van der Waals surface area contributed by atoms with E-state index in [9.17, 15) is 0 Å². The first kappa shape index (κ1) is 28.6. The standard InChI is InChI=1S/C46H28N4Se/c1-3-11-31(12-4-1)49-39-17-9-7-15-33(39)35-21-19-29(27-41(35)49)37-23-25-43-45(47-37)46-44(51-43)26-24-38(48-46)30-20-22-36-34-16-8-10-18-40(34)50(42(36)28-30)32-13-5-2-6-14-32/h1-28H. The Labute approximate surface area is 299 Å². The SMILES string of the molecule is c1ccc(-n2c3ccccc3c3ccc(-c4ccc5[se]c6ccc(-c7ccc8c9ccccc9n(-c9ccccc9)c8c7)nc6c5n4)cc32)cc1. The number of nitrogens with zero attached hydrogens (tertiary/aromatic N) is 4. The van der Waals surface area contributed by atoms with E-state index < -0.39 is 0 Å². The van der Waals surface area contributed by atoms with Gasteiger partial charge in [0.1, 0.15) is 0 Å². The molecule has 0 saturated carbocycles. The molecule has 0 aliphatic rings. The molecule has 238 valence electrons. The third-order valence-electron chi connectivity index (χ3n) is 10.1. The normalized spacial score (nSPS) is 11.9. The zero-order valence-electron chi connectivity index (χ0n) is 27.4. The van der Waals surface area contributed by atoms with Crippen molar-refractivity contribution in [3.63, 3.8) is 0 Å². The minimum absolute atomic E-state index is 0.162. The van der Waals surface area contributed by atoms with Gasteiger partial charge in [-0.3, -0.25) is 0 Å². The summed E-state index contributed by atoms with van der Waals surface area (Å²) in [4.78, 5) is 10.7. The molecule has 0 spiro atoms. The first-order valence-corrected chi connectivity index (χ1v) is 18.9. The molecule has 0 atom stereocenters. The van der Waals surface area contributed by atoms with Gasteiger partial charge in [0.2, 0.25) is 0 Å². The maximum absolute atomic E-state index is 5.34. The fraction of sp³-hybridized carbons (Fsp3) is 0. The van der Waals surface area contributed by atoms with Gasteiger partial charge >= 0.3 is 301 Å². The molecule has 5 heterocycles. The molecule has 4 nitrogen and oxygen atoms in total. The molecule has 11 rings (SSSR count). The molecule has 0 aliphatic carbocycles. The van der Waals surface area contributed by atoms with E-state index in [1.165, 1.54) is 52.1 Å². The van der Waals surface area contributed by atoms with Gasteiger partial charge in [-0.1, -0.05) is 0 Å². The summed E-state index contributed by atoms with van der Waals surface area (Å²) in [5, 5.41) is 4.98. The number of aromatic nitrogens is 4. The van der Waals surface area contributed by atoms with Crippen LogP contribution in [0.25, 0.3) is 97.1 Å². The Hall–Kier alpha value is -6.26. The Morgan fingerprint density at radius 2 is 0.765 bits per heavy atom. The Bertz CT molecular complexity index is 2920. The second-order valence-corrected chi connectivity index (χ2v) is 15.3. The summed E-state index contributed by atoms with van der Waals surface area (Å²) in [7, 11) is 0. The number of hydrogen-bond donors (Lipinski definition) is 0. The molecule has 5 aromatic heterocycles. The van der Waals surface area contributed by atoms with Crippen molar-refractivity contribution in [3.05, 3.63) is 170 Å². The van der Waals surface area contributed by atoms with Crippen molar-refractivity contribution in [2.24, 2.45) is 0 Å². The van der Waals surface area contributed by atoms with Crippen LogP contribution in [0.4, 0.5) is 0 Å². The third-order valence-corrected chi connectivity index (χ3v) is 12.4. The van der Waals surface area contributed by atoms with E-state index in [-0.39, 0.29) is 14.5 Å². The summed E-state index contributed by atoms with van der Waals surface area (Å²) in [6.07, 6.45) is 0. The van der Waals surface area contributed by atoms with Crippen LogP contribution in [0.1, 0.15) is 0 Å². The number of para-hydroxylation sites is 4. The second-order valence-electron chi connectivity index (χ2n) is 13.0. The topological polar surface area (TPSA) is 35.6 Å². The van der Waals surface area contributed by atoms with Gasteiger partial charge in [-0.05, 0) is 0 Å². The molecule has 11 aromatic rings. The van der Waals surface area contributed by atoms with Crippen molar-refractivity contribution in [1.29, 1.82) is 0 Å². The molecule has 51 heavy (non-hydrogen) atoms. The monoisotopic (exact) mass is 716 g/mol. The second kappa shape index (κ2) is 11.1. The van der Waals surface area contributed by atoms with Crippen LogP contribution in [0.2, 0.25) is 0 Å². The van der Waals surface area contributed by atoms with Crippen LogP contribution in [0.5, 0.6) is 0 Å². The van der Waals surface area contributed by atoms with Crippen molar-refractivity contribution in [2.75, 3.05) is 0 Å². The van der Waals surface area contributed by atoms with E-state index in [4.69, 9.17) is 9.97 Å². The number of rotatable bonds is 4. The molecule has 0 saturated heterocycles. The van der Waals surface area contributed by atoms with Crippen molar-refractivity contribution in [3.8, 4) is 33.9 Å². The van der Waals surface area contributed by atoms with Gasteiger partial charge in [0.25, 0.3) is 0 Å². The third kappa shape index (κ3) is 4.39. The summed E-state index contributed by atoms with van der Waals surface area (Å²) in [6, 6.07) is 61.0. The number of fused-ring (bicyclic) bond motifs is 9. The molecular weight excluding hydrogens is 687 g/mol. The van der Waals surface area contributed by atoms with Crippen molar-refractivity contribution >= 4 is 77.7 Å². The van der Waals surface area contributed by atoms with Crippen LogP contribution in [-0.4, -0.2) is 33.6 Å². The minimum atomic E-state index is 0.162. The van der Waals surface area contributed by atoms with Gasteiger partial charge < -0.3 is 0 Å². The van der Waals surface area contributed by atoms with Crippen LogP contribution < -0.4 is 0 Å². The molecule has 0 radical (unpaired) electrons. The predicted molar refractivity (Wildman–Crippen MR) is 214 cm³/mol. The first-order valence-electron chi connectivity index (χ1n) is 17.2. The van der Waals surface area contributed by atoms with E-state index in [1.807, 2.05) is 0 Å². The Morgan fingerprint density at radius 3 is 1.24 bits per heavy atom. The van der Waals surface area contributed by atoms with Crippen molar-refractivity contribution in [1.82, 2.24) is 19.1 Å². The summed E-state index contributed by atoms with van der Waals surface area (Å²) >= 11 is 0.162. The molecule has 0 bridgehead atoms. The molecule has 0 aliphatic heterocycles. The summed E-state index contributed by atoms with van der Waals surface area (Å²) in [5.74, 6) is 0. The zero-order valence-corrected chi connectivity index (χ0v) is 29.1. The molecule has 0 fully saturated rings. The molecule has 5 heteroatoms. The Balaban J connectivity index is 1.07. The van der Waals surface area contributed by atoms with E-state index in [0.29, 0.717) is 0 Å². The number of benzene rings is 6. The summed E-state index contributed by atoms with van der Waals surface area (Å²) in [5.41, 5.74) is 13.2. The van der Waals surface area contributed by atoms with Crippen LogP contribution >= 0.6 is 0 Å².